The van der Waals surface area contributed by atoms with Gasteiger partial charge in [-0.3, -0.25) is 4.79 Å². The van der Waals surface area contributed by atoms with Crippen molar-refractivity contribution in [2.75, 3.05) is 20.3 Å². The van der Waals surface area contributed by atoms with Gasteiger partial charge in [-0.2, -0.15) is 0 Å². The zero-order chi connectivity index (χ0) is 14.1. The number of carbonyl (C=O) groups excluding carboxylic acids is 1. The Labute approximate surface area is 117 Å². The number of nitrogens with zero attached hydrogens (tertiary/aromatic N) is 3. The molecule has 0 spiro atoms. The van der Waals surface area contributed by atoms with Crippen molar-refractivity contribution >= 4 is 11.6 Å². The molecule has 0 saturated carbocycles. The van der Waals surface area contributed by atoms with Gasteiger partial charge in [0.1, 0.15) is 5.65 Å². The maximum absolute atomic E-state index is 12.0. The van der Waals surface area contributed by atoms with E-state index in [1.165, 1.54) is 0 Å². The number of hydrogen-bond acceptors (Lipinski definition) is 4. The van der Waals surface area contributed by atoms with Crippen LogP contribution in [0.5, 0.6) is 0 Å². The lowest BCUT2D eigenvalue weighted by Gasteiger charge is -2.25. The summed E-state index contributed by atoms with van der Waals surface area (Å²) in [5, 5.41) is 0. The molecule has 2 aromatic heterocycles. The fourth-order valence-corrected chi connectivity index (χ4v) is 2.75. The zero-order valence-corrected chi connectivity index (χ0v) is 11.4. The summed E-state index contributed by atoms with van der Waals surface area (Å²) in [7, 11) is 1.63. The van der Waals surface area contributed by atoms with Gasteiger partial charge in [-0.15, -0.1) is 0 Å². The van der Waals surface area contributed by atoms with Crippen LogP contribution in [0.25, 0.3) is 5.65 Å². The Kier molecular flexibility index (Phi) is 3.42. The van der Waals surface area contributed by atoms with Gasteiger partial charge in [-0.25, -0.2) is 4.98 Å². The normalized spacial score (nSPS) is 22.9. The second kappa shape index (κ2) is 5.22. The molecule has 106 valence electrons. The van der Waals surface area contributed by atoms with E-state index in [1.54, 1.807) is 12.0 Å². The van der Waals surface area contributed by atoms with Crippen LogP contribution < -0.4 is 5.73 Å². The minimum atomic E-state index is -0.218. The van der Waals surface area contributed by atoms with Crippen LogP contribution in [-0.4, -0.2) is 46.5 Å². The number of pyridine rings is 1. The number of hydrogen-bond donors (Lipinski definition) is 1. The number of imidazole rings is 1. The lowest BCUT2D eigenvalue weighted by Crippen LogP contribution is -2.35. The van der Waals surface area contributed by atoms with E-state index in [-0.39, 0.29) is 18.0 Å². The third kappa shape index (κ3) is 2.17. The minimum Gasteiger partial charge on any atom is -0.383 e. The molecular formula is C14H18N4O2. The van der Waals surface area contributed by atoms with Crippen LogP contribution in [0.3, 0.4) is 0 Å². The summed E-state index contributed by atoms with van der Waals surface area (Å²) in [6.07, 6.45) is 4.24. The van der Waals surface area contributed by atoms with Gasteiger partial charge in [0.15, 0.2) is 0 Å². The molecule has 6 nitrogen and oxygen atoms in total. The third-order valence-electron chi connectivity index (χ3n) is 3.69. The van der Waals surface area contributed by atoms with Crippen LogP contribution in [0.1, 0.15) is 18.2 Å². The standard InChI is InChI=1S/C14H18N4O2/c1-20-7-6-18-13(19)8-10(15)14(18)11-9-17-5-3-2-4-12(17)16-11/h2-5,9-10,14H,6-8,15H2,1H3. The lowest BCUT2D eigenvalue weighted by atomic mass is 10.1. The van der Waals surface area contributed by atoms with Crippen molar-refractivity contribution in [3.05, 3.63) is 36.3 Å². The summed E-state index contributed by atoms with van der Waals surface area (Å²) in [5.41, 5.74) is 7.83. The Hall–Kier alpha value is -1.92. The number of likely N-dealkylation sites (tertiary alicyclic amines) is 1. The predicted octanol–water partition coefficient (Wildman–Crippen LogP) is 0.581. The number of aromatic nitrogens is 2. The number of methoxy groups -OCH3 is 1. The van der Waals surface area contributed by atoms with E-state index in [9.17, 15) is 4.79 Å². The van der Waals surface area contributed by atoms with Crippen LogP contribution in [0.4, 0.5) is 0 Å². The van der Waals surface area contributed by atoms with E-state index in [0.717, 1.165) is 11.3 Å². The van der Waals surface area contributed by atoms with E-state index in [2.05, 4.69) is 4.98 Å². The first-order chi connectivity index (χ1) is 9.70. The fraction of sp³-hybridized carbons (Fsp3) is 0.429. The van der Waals surface area contributed by atoms with Gasteiger partial charge < -0.3 is 19.8 Å². The van der Waals surface area contributed by atoms with Crippen LogP contribution in [0.15, 0.2) is 30.6 Å². The van der Waals surface area contributed by atoms with E-state index in [4.69, 9.17) is 10.5 Å². The molecule has 1 amide bonds. The van der Waals surface area contributed by atoms with Gasteiger partial charge in [0, 0.05) is 38.5 Å². The molecule has 2 N–H and O–H groups in total. The van der Waals surface area contributed by atoms with E-state index < -0.39 is 0 Å². The van der Waals surface area contributed by atoms with Gasteiger partial charge in [0.05, 0.1) is 18.3 Å². The summed E-state index contributed by atoms with van der Waals surface area (Å²) >= 11 is 0. The van der Waals surface area contributed by atoms with Crippen LogP contribution >= 0.6 is 0 Å². The average molecular weight is 274 g/mol. The van der Waals surface area contributed by atoms with Gasteiger partial charge in [0.2, 0.25) is 5.91 Å². The van der Waals surface area contributed by atoms with Crippen LogP contribution in [0.2, 0.25) is 0 Å². The molecule has 2 unspecified atom stereocenters. The van der Waals surface area contributed by atoms with Crippen LogP contribution in [0, 0.1) is 0 Å². The topological polar surface area (TPSA) is 72.9 Å². The van der Waals surface area contributed by atoms with Gasteiger partial charge in [-0.1, -0.05) is 6.07 Å². The molecule has 0 aliphatic carbocycles. The molecule has 3 rings (SSSR count). The third-order valence-corrected chi connectivity index (χ3v) is 3.69. The molecule has 2 aromatic rings. The molecule has 1 fully saturated rings. The summed E-state index contributed by atoms with van der Waals surface area (Å²) in [4.78, 5) is 18.4. The molecule has 0 radical (unpaired) electrons. The number of rotatable bonds is 4. The average Bonchev–Trinajstić information content (AvgIpc) is 2.96. The van der Waals surface area contributed by atoms with Crippen molar-refractivity contribution in [3.8, 4) is 0 Å². The maximum Gasteiger partial charge on any atom is 0.224 e. The highest BCUT2D eigenvalue weighted by atomic mass is 16.5. The van der Waals surface area contributed by atoms with Gasteiger partial charge >= 0.3 is 0 Å². The largest absolute Gasteiger partial charge is 0.383 e. The second-order valence-electron chi connectivity index (χ2n) is 5.02. The monoisotopic (exact) mass is 274 g/mol. The van der Waals surface area contributed by atoms with Gasteiger partial charge in [0.25, 0.3) is 0 Å². The summed E-state index contributed by atoms with van der Waals surface area (Å²) < 4.78 is 7.01. The van der Waals surface area contributed by atoms with Gasteiger partial charge in [-0.05, 0) is 12.1 Å². The van der Waals surface area contributed by atoms with Crippen molar-refractivity contribution in [2.45, 2.75) is 18.5 Å². The molecule has 0 aromatic carbocycles. The highest BCUT2D eigenvalue weighted by Gasteiger charge is 2.39. The Morgan fingerprint density at radius 1 is 1.50 bits per heavy atom. The molecular weight excluding hydrogens is 256 g/mol. The zero-order valence-electron chi connectivity index (χ0n) is 11.4. The Morgan fingerprint density at radius 2 is 2.35 bits per heavy atom. The van der Waals surface area contributed by atoms with Crippen molar-refractivity contribution in [3.63, 3.8) is 0 Å². The number of carbonyl (C=O) groups is 1. The summed E-state index contributed by atoms with van der Waals surface area (Å²) in [5.74, 6) is 0.0663. The highest BCUT2D eigenvalue weighted by Crippen LogP contribution is 2.31. The summed E-state index contributed by atoms with van der Waals surface area (Å²) in [6.45, 7) is 1.05. The maximum atomic E-state index is 12.0. The first-order valence-electron chi connectivity index (χ1n) is 6.68. The van der Waals surface area contributed by atoms with Crippen LogP contribution in [-0.2, 0) is 9.53 Å². The number of amides is 1. The Balaban J connectivity index is 1.94. The molecule has 1 aliphatic rings. The first-order valence-corrected chi connectivity index (χ1v) is 6.68. The molecule has 3 heterocycles. The predicted molar refractivity (Wildman–Crippen MR) is 74.1 cm³/mol. The highest BCUT2D eigenvalue weighted by molar-refractivity contribution is 5.80. The quantitative estimate of drug-likeness (QED) is 0.885. The lowest BCUT2D eigenvalue weighted by molar-refractivity contribution is -0.129. The van der Waals surface area contributed by atoms with E-state index in [1.807, 2.05) is 35.0 Å². The molecule has 1 saturated heterocycles. The van der Waals surface area contributed by atoms with Crippen molar-refractivity contribution in [1.29, 1.82) is 0 Å². The number of ether oxygens (including phenoxy) is 1. The van der Waals surface area contributed by atoms with E-state index >= 15 is 0 Å². The second-order valence-corrected chi connectivity index (χ2v) is 5.02. The molecule has 1 aliphatic heterocycles. The molecule has 20 heavy (non-hydrogen) atoms. The first kappa shape index (κ1) is 13.1. The number of nitrogens with two attached hydrogens (primary N) is 1. The number of fused-ring (bicyclic) bond motifs is 1. The SMILES string of the molecule is COCCN1C(=O)CC(N)C1c1cn2ccccc2n1. The minimum absolute atomic E-state index is 0.0663. The Morgan fingerprint density at radius 3 is 3.10 bits per heavy atom. The Bertz CT molecular complexity index is 591. The van der Waals surface area contributed by atoms with Crippen molar-refractivity contribution in [1.82, 2.24) is 14.3 Å². The smallest absolute Gasteiger partial charge is 0.224 e. The molecule has 0 bridgehead atoms. The van der Waals surface area contributed by atoms with Crippen molar-refractivity contribution in [2.24, 2.45) is 5.73 Å². The van der Waals surface area contributed by atoms with E-state index in [0.29, 0.717) is 19.6 Å². The fourth-order valence-electron chi connectivity index (χ4n) is 2.75. The summed E-state index contributed by atoms with van der Waals surface area (Å²) in [6, 6.07) is 5.43. The molecule has 6 heteroatoms. The molecule has 2 atom stereocenters. The van der Waals surface area contributed by atoms with Crippen molar-refractivity contribution < 1.29 is 9.53 Å².